The Bertz CT molecular complexity index is 1090. The number of halogens is 1. The van der Waals surface area contributed by atoms with E-state index < -0.39 is 0 Å². The van der Waals surface area contributed by atoms with Crippen molar-refractivity contribution in [3.05, 3.63) is 52.3 Å². The second-order valence-corrected chi connectivity index (χ2v) is 7.90. The van der Waals surface area contributed by atoms with Crippen molar-refractivity contribution in [2.45, 2.75) is 46.7 Å². The Morgan fingerprint density at radius 2 is 1.83 bits per heavy atom. The van der Waals surface area contributed by atoms with Crippen LogP contribution in [0.5, 0.6) is 0 Å². The van der Waals surface area contributed by atoms with Gasteiger partial charge in [0.05, 0.1) is 28.2 Å². The summed E-state index contributed by atoms with van der Waals surface area (Å²) in [6.07, 6.45) is 1.70. The number of nitrogens with zero attached hydrogens (tertiary/aromatic N) is 3. The fraction of sp³-hybridized carbons (Fsp3) is 0.333. The third-order valence-electron chi connectivity index (χ3n) is 4.39. The van der Waals surface area contributed by atoms with E-state index in [0.717, 1.165) is 11.0 Å². The van der Waals surface area contributed by atoms with Crippen LogP contribution in [-0.4, -0.2) is 32.6 Å². The lowest BCUT2D eigenvalue weighted by atomic mass is 10.1. The molecule has 0 aliphatic rings. The molecule has 0 aliphatic carbocycles. The second kappa shape index (κ2) is 8.21. The van der Waals surface area contributed by atoms with Crippen molar-refractivity contribution in [2.24, 2.45) is 0 Å². The molecule has 7 nitrogen and oxygen atoms in total. The van der Waals surface area contributed by atoms with E-state index >= 15 is 0 Å². The number of hydrogen-bond acceptors (Lipinski definition) is 4. The van der Waals surface area contributed by atoms with Crippen molar-refractivity contribution in [1.82, 2.24) is 20.1 Å². The van der Waals surface area contributed by atoms with Gasteiger partial charge in [0.1, 0.15) is 0 Å². The molecule has 2 N–H and O–H groups in total. The fourth-order valence-electron chi connectivity index (χ4n) is 2.97. The molecule has 0 saturated carbocycles. The summed E-state index contributed by atoms with van der Waals surface area (Å²) >= 11 is 6.24. The molecule has 2 aromatic heterocycles. The minimum atomic E-state index is -0.350. The number of aromatic nitrogens is 3. The van der Waals surface area contributed by atoms with Gasteiger partial charge in [-0.1, -0.05) is 11.6 Å². The Morgan fingerprint density at radius 3 is 2.48 bits per heavy atom. The Labute approximate surface area is 174 Å². The third kappa shape index (κ3) is 4.40. The van der Waals surface area contributed by atoms with E-state index in [4.69, 9.17) is 11.6 Å². The maximum atomic E-state index is 12.9. The summed E-state index contributed by atoms with van der Waals surface area (Å²) in [4.78, 5) is 29.7. The van der Waals surface area contributed by atoms with Crippen molar-refractivity contribution in [3.8, 4) is 0 Å². The highest BCUT2D eigenvalue weighted by Crippen LogP contribution is 2.25. The van der Waals surface area contributed by atoms with Crippen molar-refractivity contribution < 1.29 is 9.59 Å². The van der Waals surface area contributed by atoms with E-state index in [0.29, 0.717) is 27.5 Å². The molecule has 0 bridgehead atoms. The molecule has 29 heavy (non-hydrogen) atoms. The molecular weight excluding hydrogens is 390 g/mol. The lowest BCUT2D eigenvalue weighted by molar-refractivity contribution is 0.0941. The molecule has 0 atom stereocenters. The summed E-state index contributed by atoms with van der Waals surface area (Å²) < 4.78 is 1.82. The predicted octanol–water partition coefficient (Wildman–Crippen LogP) is 4.36. The number of nitrogens with one attached hydrogen (secondary N) is 2. The normalized spacial score (nSPS) is 11.3. The number of anilines is 1. The minimum Gasteiger partial charge on any atom is -0.350 e. The molecule has 2 heterocycles. The molecule has 0 spiro atoms. The monoisotopic (exact) mass is 413 g/mol. The smallest absolute Gasteiger partial charge is 0.257 e. The molecule has 3 aromatic rings. The number of pyridine rings is 1. The molecule has 0 fully saturated rings. The number of benzene rings is 1. The zero-order valence-corrected chi connectivity index (χ0v) is 17.8. The molecule has 1 aromatic carbocycles. The lowest BCUT2D eigenvalue weighted by Gasteiger charge is -2.13. The molecule has 2 amide bonds. The van der Waals surface area contributed by atoms with Crippen LogP contribution >= 0.6 is 11.6 Å². The van der Waals surface area contributed by atoms with Gasteiger partial charge in [-0.25, -0.2) is 9.67 Å². The Hall–Kier alpha value is -2.93. The van der Waals surface area contributed by atoms with Crippen LogP contribution in [0.4, 0.5) is 5.69 Å². The highest BCUT2D eigenvalue weighted by Gasteiger charge is 2.17. The highest BCUT2D eigenvalue weighted by atomic mass is 35.5. The molecular formula is C21H24ClN5O2. The quantitative estimate of drug-likeness (QED) is 0.650. The van der Waals surface area contributed by atoms with E-state index in [1.54, 1.807) is 37.4 Å². The second-order valence-electron chi connectivity index (χ2n) is 7.49. The Morgan fingerprint density at radius 1 is 1.10 bits per heavy atom. The number of amides is 2. The molecule has 152 valence electrons. The van der Waals surface area contributed by atoms with Gasteiger partial charge in [-0.2, -0.15) is 5.10 Å². The van der Waals surface area contributed by atoms with Crippen molar-refractivity contribution in [1.29, 1.82) is 0 Å². The number of rotatable bonds is 5. The van der Waals surface area contributed by atoms with Crippen LogP contribution in [0.3, 0.4) is 0 Å². The fourth-order valence-corrected chi connectivity index (χ4v) is 3.14. The van der Waals surface area contributed by atoms with Crippen LogP contribution in [0.2, 0.25) is 5.02 Å². The van der Waals surface area contributed by atoms with Gasteiger partial charge in [0.25, 0.3) is 11.8 Å². The molecule has 3 rings (SSSR count). The van der Waals surface area contributed by atoms with E-state index in [-0.39, 0.29) is 23.9 Å². The van der Waals surface area contributed by atoms with Crippen LogP contribution in [0, 0.1) is 6.92 Å². The topological polar surface area (TPSA) is 88.9 Å². The van der Waals surface area contributed by atoms with E-state index in [2.05, 4.69) is 20.7 Å². The van der Waals surface area contributed by atoms with Crippen LogP contribution in [0.15, 0.2) is 30.5 Å². The van der Waals surface area contributed by atoms with Gasteiger partial charge in [-0.15, -0.1) is 0 Å². The first-order chi connectivity index (χ1) is 13.7. The maximum absolute atomic E-state index is 12.9. The van der Waals surface area contributed by atoms with Crippen LogP contribution in [-0.2, 0) is 0 Å². The van der Waals surface area contributed by atoms with Crippen LogP contribution in [0.1, 0.15) is 60.1 Å². The lowest BCUT2D eigenvalue weighted by Crippen LogP contribution is -2.30. The minimum absolute atomic E-state index is 0.00317. The SMILES string of the molecule is Cc1nc2c(cnn2C(C)C)cc1C(=O)Nc1cc(C(=O)NC(C)C)ccc1Cl. The van der Waals surface area contributed by atoms with Gasteiger partial charge in [0.15, 0.2) is 5.65 Å². The Balaban J connectivity index is 1.90. The Kier molecular flexibility index (Phi) is 5.88. The van der Waals surface area contributed by atoms with Crippen molar-refractivity contribution in [3.63, 3.8) is 0 Å². The number of aryl methyl sites for hydroxylation is 1. The first-order valence-electron chi connectivity index (χ1n) is 9.44. The van der Waals surface area contributed by atoms with Crippen LogP contribution in [0.25, 0.3) is 11.0 Å². The van der Waals surface area contributed by atoms with E-state index in [1.165, 1.54) is 0 Å². The molecule has 0 radical (unpaired) electrons. The van der Waals surface area contributed by atoms with Crippen LogP contribution < -0.4 is 10.6 Å². The van der Waals surface area contributed by atoms with Gasteiger partial charge < -0.3 is 10.6 Å². The van der Waals surface area contributed by atoms with Gasteiger partial charge in [-0.3, -0.25) is 9.59 Å². The summed E-state index contributed by atoms with van der Waals surface area (Å²) in [5.41, 5.74) is 2.53. The summed E-state index contributed by atoms with van der Waals surface area (Å²) in [7, 11) is 0. The standard InChI is InChI=1S/C21H24ClN5O2/c1-11(2)24-20(28)14-6-7-17(22)18(9-14)26-21(29)16-8-15-10-23-27(12(3)4)19(15)25-13(16)5/h6-12H,1-5H3,(H,24,28)(H,26,29). The number of carbonyl (C=O) groups is 2. The number of carbonyl (C=O) groups excluding carboxylic acids is 2. The summed E-state index contributed by atoms with van der Waals surface area (Å²) in [6.45, 7) is 9.58. The average Bonchev–Trinajstić information content (AvgIpc) is 3.05. The summed E-state index contributed by atoms with van der Waals surface area (Å²) in [6, 6.07) is 6.71. The molecule has 0 aliphatic heterocycles. The summed E-state index contributed by atoms with van der Waals surface area (Å²) in [5.74, 6) is -0.579. The predicted molar refractivity (Wildman–Crippen MR) is 115 cm³/mol. The van der Waals surface area contributed by atoms with Gasteiger partial charge >= 0.3 is 0 Å². The van der Waals surface area contributed by atoms with Gasteiger partial charge in [0, 0.05) is 23.0 Å². The maximum Gasteiger partial charge on any atom is 0.257 e. The van der Waals surface area contributed by atoms with Crippen molar-refractivity contribution >= 4 is 40.1 Å². The van der Waals surface area contributed by atoms with E-state index in [1.807, 2.05) is 32.4 Å². The number of fused-ring (bicyclic) bond motifs is 1. The highest BCUT2D eigenvalue weighted by molar-refractivity contribution is 6.34. The average molecular weight is 414 g/mol. The largest absolute Gasteiger partial charge is 0.350 e. The molecule has 0 unspecified atom stereocenters. The zero-order valence-electron chi connectivity index (χ0n) is 17.1. The third-order valence-corrected chi connectivity index (χ3v) is 4.72. The van der Waals surface area contributed by atoms with Gasteiger partial charge in [-0.05, 0) is 58.9 Å². The molecule has 8 heteroatoms. The van der Waals surface area contributed by atoms with Gasteiger partial charge in [0.2, 0.25) is 0 Å². The van der Waals surface area contributed by atoms with Crippen molar-refractivity contribution in [2.75, 3.05) is 5.32 Å². The first kappa shape index (κ1) is 20.8. The zero-order chi connectivity index (χ0) is 21.3. The van der Waals surface area contributed by atoms with E-state index in [9.17, 15) is 9.59 Å². The summed E-state index contributed by atoms with van der Waals surface area (Å²) in [5, 5.41) is 11.1. The molecule has 0 saturated heterocycles. The first-order valence-corrected chi connectivity index (χ1v) is 9.81. The number of hydrogen-bond donors (Lipinski definition) is 2.